The Kier molecular flexibility index (Phi) is 5.56. The Bertz CT molecular complexity index is 789. The van der Waals surface area contributed by atoms with Gasteiger partial charge in [0.2, 0.25) is 5.91 Å². The van der Waals surface area contributed by atoms with Crippen LogP contribution in [0, 0.1) is 0 Å². The number of nitrogens with zero attached hydrogens (tertiary/aromatic N) is 1. The van der Waals surface area contributed by atoms with Crippen LogP contribution in [-0.2, 0) is 16.0 Å². The quantitative estimate of drug-likeness (QED) is 0.807. The number of phenols is 1. The monoisotopic (exact) mass is 352 g/mol. The minimum atomic E-state index is -0.700. The summed E-state index contributed by atoms with van der Waals surface area (Å²) in [6.45, 7) is 2.57. The van der Waals surface area contributed by atoms with Crippen LogP contribution in [0.3, 0.4) is 0 Å². The lowest BCUT2D eigenvalue weighted by Crippen LogP contribution is -2.43. The third kappa shape index (κ3) is 3.87. The zero-order chi connectivity index (χ0) is 18.5. The number of hydrogen-bond donors (Lipinski definition) is 2. The van der Waals surface area contributed by atoms with Gasteiger partial charge in [-0.25, -0.2) is 0 Å². The van der Waals surface area contributed by atoms with Gasteiger partial charge in [-0.1, -0.05) is 43.3 Å². The van der Waals surface area contributed by atoms with Crippen molar-refractivity contribution in [2.45, 2.75) is 38.6 Å². The fraction of sp³-hybridized carbons (Fsp3) is 0.333. The molecule has 1 saturated heterocycles. The van der Waals surface area contributed by atoms with Gasteiger partial charge < -0.3 is 15.3 Å². The summed E-state index contributed by atoms with van der Waals surface area (Å²) >= 11 is 0. The molecular formula is C21H24N2O3. The number of rotatable bonds is 5. The fourth-order valence-corrected chi connectivity index (χ4v) is 3.31. The highest BCUT2D eigenvalue weighted by molar-refractivity contribution is 5.99. The first-order valence-corrected chi connectivity index (χ1v) is 9.07. The van der Waals surface area contributed by atoms with E-state index in [1.165, 1.54) is 0 Å². The van der Waals surface area contributed by atoms with Crippen LogP contribution in [0.2, 0.25) is 0 Å². The van der Waals surface area contributed by atoms with Crippen molar-refractivity contribution in [2.75, 3.05) is 11.9 Å². The Balaban J connectivity index is 1.91. The molecule has 1 heterocycles. The summed E-state index contributed by atoms with van der Waals surface area (Å²) in [5.74, 6) is -0.297. The zero-order valence-corrected chi connectivity index (χ0v) is 14.9. The van der Waals surface area contributed by atoms with Gasteiger partial charge in [0.25, 0.3) is 5.91 Å². The molecule has 0 aliphatic carbocycles. The van der Waals surface area contributed by atoms with E-state index >= 15 is 0 Å². The molecule has 26 heavy (non-hydrogen) atoms. The van der Waals surface area contributed by atoms with Gasteiger partial charge in [0.1, 0.15) is 11.8 Å². The topological polar surface area (TPSA) is 69.6 Å². The summed E-state index contributed by atoms with van der Waals surface area (Å²) in [7, 11) is 0. The molecule has 0 bridgehead atoms. The number of carbonyl (C=O) groups is 2. The first-order chi connectivity index (χ1) is 12.6. The molecule has 0 radical (unpaired) electrons. The number of amides is 2. The molecule has 1 aliphatic rings. The lowest BCUT2D eigenvalue weighted by atomic mass is 10.00. The third-order valence-electron chi connectivity index (χ3n) is 4.76. The highest BCUT2D eigenvalue weighted by Crippen LogP contribution is 2.30. The first-order valence-electron chi connectivity index (χ1n) is 9.07. The third-order valence-corrected chi connectivity index (χ3v) is 4.76. The predicted octanol–water partition coefficient (Wildman–Crippen LogP) is 3.65. The molecule has 0 unspecified atom stereocenters. The van der Waals surface area contributed by atoms with E-state index in [9.17, 15) is 14.7 Å². The molecule has 5 heteroatoms. The number of carbonyl (C=O) groups excluding carboxylic acids is 2. The number of aromatic hydroxyl groups is 1. The first kappa shape index (κ1) is 18.0. The Morgan fingerprint density at radius 3 is 2.65 bits per heavy atom. The zero-order valence-electron chi connectivity index (χ0n) is 14.9. The molecule has 1 fully saturated rings. The van der Waals surface area contributed by atoms with Crippen LogP contribution in [-0.4, -0.2) is 28.4 Å². The number of likely N-dealkylation sites (tertiary alicyclic amines) is 1. The number of nitrogens with one attached hydrogen (secondary N) is 1. The van der Waals surface area contributed by atoms with Crippen molar-refractivity contribution in [2.24, 2.45) is 0 Å². The van der Waals surface area contributed by atoms with Gasteiger partial charge in [-0.3, -0.25) is 9.59 Å². The number of hydrogen-bond acceptors (Lipinski definition) is 3. The molecule has 1 aliphatic heterocycles. The van der Waals surface area contributed by atoms with Crippen LogP contribution in [0.5, 0.6) is 5.75 Å². The van der Waals surface area contributed by atoms with E-state index in [0.29, 0.717) is 18.7 Å². The lowest BCUT2D eigenvalue weighted by Gasteiger charge is -2.34. The van der Waals surface area contributed by atoms with Crippen molar-refractivity contribution in [3.63, 3.8) is 0 Å². The summed E-state index contributed by atoms with van der Waals surface area (Å²) in [5, 5.41) is 12.9. The Morgan fingerprint density at radius 2 is 1.96 bits per heavy atom. The number of anilines is 1. The van der Waals surface area contributed by atoms with Gasteiger partial charge in [0.05, 0.1) is 5.69 Å². The molecule has 3 rings (SSSR count). The van der Waals surface area contributed by atoms with Crippen LogP contribution in [0.1, 0.15) is 43.4 Å². The molecule has 2 amide bonds. The van der Waals surface area contributed by atoms with E-state index in [2.05, 4.69) is 5.32 Å². The van der Waals surface area contributed by atoms with Crippen LogP contribution in [0.15, 0.2) is 48.5 Å². The van der Waals surface area contributed by atoms with Gasteiger partial charge in [-0.15, -0.1) is 0 Å². The minimum absolute atomic E-state index is 0.00761. The normalized spacial score (nSPS) is 15.6. The maximum Gasteiger partial charge on any atom is 0.251 e. The fourth-order valence-electron chi connectivity index (χ4n) is 3.31. The van der Waals surface area contributed by atoms with Crippen molar-refractivity contribution < 1.29 is 14.7 Å². The Labute approximate surface area is 153 Å². The van der Waals surface area contributed by atoms with E-state index in [0.717, 1.165) is 30.4 Å². The van der Waals surface area contributed by atoms with Crippen LogP contribution in [0.25, 0.3) is 0 Å². The van der Waals surface area contributed by atoms with E-state index < -0.39 is 6.04 Å². The number of phenolic OH excluding ortho intramolecular Hbond substituents is 1. The SMILES string of the molecule is CCc1ccc(O)c(NC(=O)[C@H](c2ccccc2)N2CCCCC2=O)c1. The van der Waals surface area contributed by atoms with Crippen molar-refractivity contribution in [3.05, 3.63) is 59.7 Å². The maximum atomic E-state index is 13.1. The Morgan fingerprint density at radius 1 is 1.19 bits per heavy atom. The van der Waals surface area contributed by atoms with E-state index in [4.69, 9.17) is 0 Å². The maximum absolute atomic E-state index is 13.1. The second-order valence-electron chi connectivity index (χ2n) is 6.55. The summed E-state index contributed by atoms with van der Waals surface area (Å²) in [6, 6.07) is 13.8. The molecule has 1 atom stereocenters. The largest absolute Gasteiger partial charge is 0.506 e. The number of aryl methyl sites for hydroxylation is 1. The highest BCUT2D eigenvalue weighted by atomic mass is 16.3. The van der Waals surface area contributed by atoms with Crippen molar-refractivity contribution in [1.29, 1.82) is 0 Å². The Hall–Kier alpha value is -2.82. The van der Waals surface area contributed by atoms with Crippen molar-refractivity contribution in [1.82, 2.24) is 4.90 Å². The van der Waals surface area contributed by atoms with E-state index in [-0.39, 0.29) is 17.6 Å². The van der Waals surface area contributed by atoms with E-state index in [1.807, 2.05) is 43.3 Å². The van der Waals surface area contributed by atoms with Crippen LogP contribution >= 0.6 is 0 Å². The van der Waals surface area contributed by atoms with Crippen LogP contribution in [0.4, 0.5) is 5.69 Å². The molecule has 136 valence electrons. The van der Waals surface area contributed by atoms with Gasteiger partial charge in [-0.05, 0) is 42.5 Å². The van der Waals surface area contributed by atoms with Crippen molar-refractivity contribution >= 4 is 17.5 Å². The molecule has 2 N–H and O–H groups in total. The summed E-state index contributed by atoms with van der Waals surface area (Å²) < 4.78 is 0. The predicted molar refractivity (Wildman–Crippen MR) is 101 cm³/mol. The molecule has 5 nitrogen and oxygen atoms in total. The van der Waals surface area contributed by atoms with Gasteiger partial charge in [-0.2, -0.15) is 0 Å². The molecule has 2 aromatic carbocycles. The number of benzene rings is 2. The molecule has 2 aromatic rings. The van der Waals surface area contributed by atoms with Crippen LogP contribution < -0.4 is 5.32 Å². The van der Waals surface area contributed by atoms with Gasteiger partial charge in [0.15, 0.2) is 0 Å². The van der Waals surface area contributed by atoms with Gasteiger partial charge in [0, 0.05) is 13.0 Å². The smallest absolute Gasteiger partial charge is 0.251 e. The van der Waals surface area contributed by atoms with Crippen molar-refractivity contribution in [3.8, 4) is 5.75 Å². The summed E-state index contributed by atoms with van der Waals surface area (Å²) in [4.78, 5) is 27.2. The molecule has 0 saturated carbocycles. The average Bonchev–Trinajstić information content (AvgIpc) is 2.66. The minimum Gasteiger partial charge on any atom is -0.506 e. The molecule has 0 aromatic heterocycles. The summed E-state index contributed by atoms with van der Waals surface area (Å²) in [6.07, 6.45) is 3.01. The highest BCUT2D eigenvalue weighted by Gasteiger charge is 2.33. The molecule has 0 spiro atoms. The lowest BCUT2D eigenvalue weighted by molar-refractivity contribution is -0.141. The van der Waals surface area contributed by atoms with E-state index in [1.54, 1.807) is 17.0 Å². The summed E-state index contributed by atoms with van der Waals surface area (Å²) in [5.41, 5.74) is 2.16. The number of piperidine rings is 1. The standard InChI is InChI=1S/C21H24N2O3/c1-2-15-11-12-18(24)17(14-15)22-21(26)20(16-8-4-3-5-9-16)23-13-7-6-10-19(23)25/h3-5,8-9,11-12,14,20,24H,2,6-7,10,13H2,1H3,(H,22,26)/t20-/m0/s1. The second-order valence-corrected chi connectivity index (χ2v) is 6.55. The second kappa shape index (κ2) is 8.04. The average molecular weight is 352 g/mol. The van der Waals surface area contributed by atoms with Gasteiger partial charge >= 0.3 is 0 Å². The molecular weight excluding hydrogens is 328 g/mol.